The molecule has 1 rings (SSSR count). The fraction of sp³-hybridized carbons (Fsp3) is 1.00. The second kappa shape index (κ2) is 4.32. The first-order chi connectivity index (χ1) is 5.24. The highest BCUT2D eigenvalue weighted by Gasteiger charge is 2.27. The molecule has 1 saturated heterocycles. The maximum Gasteiger partial charge on any atom is 0.0617 e. The van der Waals surface area contributed by atoms with Gasteiger partial charge in [-0.2, -0.15) is 0 Å². The van der Waals surface area contributed by atoms with Crippen molar-refractivity contribution in [1.82, 2.24) is 0 Å². The van der Waals surface area contributed by atoms with Crippen LogP contribution in [0.25, 0.3) is 0 Å². The van der Waals surface area contributed by atoms with E-state index in [0.29, 0.717) is 12.0 Å². The summed E-state index contributed by atoms with van der Waals surface area (Å²) < 4.78 is 5.58. The maximum atomic E-state index is 5.81. The summed E-state index contributed by atoms with van der Waals surface area (Å²) >= 11 is 5.81. The van der Waals surface area contributed by atoms with E-state index < -0.39 is 0 Å². The molecule has 0 aromatic heterocycles. The normalized spacial score (nSPS) is 31.6. The standard InChI is InChI=1S/C9H17ClO/c1-7(2)5-9-8(6-10)3-4-11-9/h7-9H,3-6H2,1-2H3. The Bertz CT molecular complexity index is 114. The highest BCUT2D eigenvalue weighted by molar-refractivity contribution is 6.18. The minimum absolute atomic E-state index is 0.438. The van der Waals surface area contributed by atoms with E-state index in [1.807, 2.05) is 0 Å². The van der Waals surface area contributed by atoms with Gasteiger partial charge in [0.05, 0.1) is 6.10 Å². The second-order valence-corrected chi connectivity index (χ2v) is 4.05. The summed E-state index contributed by atoms with van der Waals surface area (Å²) in [7, 11) is 0. The van der Waals surface area contributed by atoms with Gasteiger partial charge in [0.2, 0.25) is 0 Å². The van der Waals surface area contributed by atoms with Gasteiger partial charge < -0.3 is 4.74 Å². The Morgan fingerprint density at radius 2 is 2.27 bits per heavy atom. The average molecular weight is 177 g/mol. The molecule has 0 saturated carbocycles. The van der Waals surface area contributed by atoms with Gasteiger partial charge in [-0.15, -0.1) is 11.6 Å². The lowest BCUT2D eigenvalue weighted by molar-refractivity contribution is 0.0774. The van der Waals surface area contributed by atoms with Crippen LogP contribution in [0.15, 0.2) is 0 Å². The molecule has 2 atom stereocenters. The molecule has 66 valence electrons. The molecule has 0 aromatic rings. The lowest BCUT2D eigenvalue weighted by Crippen LogP contribution is -2.19. The van der Waals surface area contributed by atoms with E-state index in [0.717, 1.165) is 31.2 Å². The average Bonchev–Trinajstić information content (AvgIpc) is 2.34. The SMILES string of the molecule is CC(C)CC1OCCC1CCl. The van der Waals surface area contributed by atoms with E-state index >= 15 is 0 Å². The first-order valence-electron chi connectivity index (χ1n) is 4.41. The third-order valence-electron chi connectivity index (χ3n) is 2.25. The van der Waals surface area contributed by atoms with Crippen molar-refractivity contribution >= 4 is 11.6 Å². The summed E-state index contributed by atoms with van der Waals surface area (Å²) in [6.07, 6.45) is 2.76. The molecule has 1 aliphatic rings. The first-order valence-corrected chi connectivity index (χ1v) is 4.95. The molecule has 2 unspecified atom stereocenters. The first kappa shape index (κ1) is 9.34. The van der Waals surface area contributed by atoms with Crippen LogP contribution in [0.5, 0.6) is 0 Å². The van der Waals surface area contributed by atoms with Gasteiger partial charge in [0.15, 0.2) is 0 Å². The van der Waals surface area contributed by atoms with Crippen molar-refractivity contribution in [1.29, 1.82) is 0 Å². The Labute approximate surface area is 74.1 Å². The van der Waals surface area contributed by atoms with Crippen molar-refractivity contribution in [3.63, 3.8) is 0 Å². The van der Waals surface area contributed by atoms with Gasteiger partial charge in [0, 0.05) is 18.4 Å². The van der Waals surface area contributed by atoms with Crippen LogP contribution in [-0.2, 0) is 4.74 Å². The van der Waals surface area contributed by atoms with Crippen LogP contribution in [0.3, 0.4) is 0 Å². The third-order valence-corrected chi connectivity index (χ3v) is 2.64. The van der Waals surface area contributed by atoms with Crippen LogP contribution >= 0.6 is 11.6 Å². The molecular weight excluding hydrogens is 160 g/mol. The summed E-state index contributed by atoms with van der Waals surface area (Å²) in [4.78, 5) is 0. The van der Waals surface area contributed by atoms with Crippen molar-refractivity contribution in [2.24, 2.45) is 11.8 Å². The predicted octanol–water partition coefficient (Wildman–Crippen LogP) is 2.68. The van der Waals surface area contributed by atoms with E-state index in [-0.39, 0.29) is 0 Å². The molecule has 0 radical (unpaired) electrons. The largest absolute Gasteiger partial charge is 0.378 e. The molecule has 0 aromatic carbocycles. The van der Waals surface area contributed by atoms with Crippen LogP contribution in [0, 0.1) is 11.8 Å². The topological polar surface area (TPSA) is 9.23 Å². The zero-order chi connectivity index (χ0) is 8.27. The summed E-state index contributed by atoms with van der Waals surface area (Å²) in [5, 5.41) is 0. The molecule has 0 amide bonds. The summed E-state index contributed by atoms with van der Waals surface area (Å²) in [6, 6.07) is 0. The fourth-order valence-electron chi connectivity index (χ4n) is 1.59. The van der Waals surface area contributed by atoms with E-state index in [9.17, 15) is 0 Å². The number of ether oxygens (including phenoxy) is 1. The zero-order valence-corrected chi connectivity index (χ0v) is 8.10. The van der Waals surface area contributed by atoms with E-state index in [1.54, 1.807) is 0 Å². The Balaban J connectivity index is 2.31. The molecular formula is C9H17ClO. The maximum absolute atomic E-state index is 5.81. The van der Waals surface area contributed by atoms with Gasteiger partial charge >= 0.3 is 0 Å². The molecule has 1 aliphatic heterocycles. The minimum Gasteiger partial charge on any atom is -0.378 e. The minimum atomic E-state index is 0.438. The Morgan fingerprint density at radius 1 is 1.55 bits per heavy atom. The van der Waals surface area contributed by atoms with Gasteiger partial charge in [0.1, 0.15) is 0 Å². The molecule has 0 N–H and O–H groups in total. The van der Waals surface area contributed by atoms with E-state index in [4.69, 9.17) is 16.3 Å². The number of hydrogen-bond donors (Lipinski definition) is 0. The summed E-state index contributed by atoms with van der Waals surface area (Å²) in [6.45, 7) is 5.37. The number of alkyl halides is 1. The lowest BCUT2D eigenvalue weighted by Gasteiger charge is -2.17. The highest BCUT2D eigenvalue weighted by atomic mass is 35.5. The molecule has 1 fully saturated rings. The van der Waals surface area contributed by atoms with E-state index in [1.165, 1.54) is 0 Å². The Morgan fingerprint density at radius 3 is 2.82 bits per heavy atom. The van der Waals surface area contributed by atoms with Gasteiger partial charge in [-0.1, -0.05) is 13.8 Å². The van der Waals surface area contributed by atoms with Crippen LogP contribution in [-0.4, -0.2) is 18.6 Å². The molecule has 2 heteroatoms. The van der Waals surface area contributed by atoms with Gasteiger partial charge in [-0.3, -0.25) is 0 Å². The number of halogens is 1. The van der Waals surface area contributed by atoms with Gasteiger partial charge in [0.25, 0.3) is 0 Å². The predicted molar refractivity (Wildman–Crippen MR) is 48.0 cm³/mol. The molecule has 0 aliphatic carbocycles. The Kier molecular flexibility index (Phi) is 3.67. The van der Waals surface area contributed by atoms with Crippen LogP contribution < -0.4 is 0 Å². The number of rotatable bonds is 3. The Hall–Kier alpha value is 0.250. The molecule has 0 spiro atoms. The van der Waals surface area contributed by atoms with Crippen LogP contribution in [0.4, 0.5) is 0 Å². The monoisotopic (exact) mass is 176 g/mol. The van der Waals surface area contributed by atoms with Crippen LogP contribution in [0.2, 0.25) is 0 Å². The fourth-order valence-corrected chi connectivity index (χ4v) is 1.95. The van der Waals surface area contributed by atoms with Crippen molar-refractivity contribution < 1.29 is 4.74 Å². The van der Waals surface area contributed by atoms with Crippen LogP contribution in [0.1, 0.15) is 26.7 Å². The van der Waals surface area contributed by atoms with E-state index in [2.05, 4.69) is 13.8 Å². The van der Waals surface area contributed by atoms with Crippen molar-refractivity contribution in [2.75, 3.05) is 12.5 Å². The van der Waals surface area contributed by atoms with Crippen molar-refractivity contribution in [3.8, 4) is 0 Å². The molecule has 1 heterocycles. The molecule has 0 bridgehead atoms. The number of hydrogen-bond acceptors (Lipinski definition) is 1. The summed E-state index contributed by atoms with van der Waals surface area (Å²) in [5.41, 5.74) is 0. The molecule has 11 heavy (non-hydrogen) atoms. The van der Waals surface area contributed by atoms with Crippen molar-refractivity contribution in [2.45, 2.75) is 32.8 Å². The third kappa shape index (κ3) is 2.64. The van der Waals surface area contributed by atoms with Crippen molar-refractivity contribution in [3.05, 3.63) is 0 Å². The van der Waals surface area contributed by atoms with Gasteiger partial charge in [-0.25, -0.2) is 0 Å². The van der Waals surface area contributed by atoms with Gasteiger partial charge in [-0.05, 0) is 18.8 Å². The quantitative estimate of drug-likeness (QED) is 0.601. The second-order valence-electron chi connectivity index (χ2n) is 3.74. The smallest absolute Gasteiger partial charge is 0.0617 e. The zero-order valence-electron chi connectivity index (χ0n) is 7.35. The lowest BCUT2D eigenvalue weighted by atomic mass is 9.96. The summed E-state index contributed by atoms with van der Waals surface area (Å²) in [5.74, 6) is 2.10. The molecule has 1 nitrogen and oxygen atoms in total. The highest BCUT2D eigenvalue weighted by Crippen LogP contribution is 2.26.